The molecule has 1 aromatic carbocycles. The predicted octanol–water partition coefficient (Wildman–Crippen LogP) is 3.16. The van der Waals surface area contributed by atoms with Gasteiger partial charge in [-0.05, 0) is 17.7 Å². The van der Waals surface area contributed by atoms with Gasteiger partial charge in [-0.25, -0.2) is 9.97 Å². The first-order valence-corrected chi connectivity index (χ1v) is 9.53. The highest BCUT2D eigenvalue weighted by molar-refractivity contribution is 9.10. The van der Waals surface area contributed by atoms with Crippen LogP contribution in [0, 0.1) is 0 Å². The summed E-state index contributed by atoms with van der Waals surface area (Å²) >= 11 is 5.03. The predicted molar refractivity (Wildman–Crippen MR) is 105 cm³/mol. The summed E-state index contributed by atoms with van der Waals surface area (Å²) in [7, 11) is 0. The van der Waals surface area contributed by atoms with E-state index in [-0.39, 0.29) is 11.8 Å². The molecule has 2 aromatic heterocycles. The number of nitrogens with zero attached hydrogens (tertiary/aromatic N) is 3. The van der Waals surface area contributed by atoms with E-state index in [2.05, 4.69) is 53.9 Å². The van der Waals surface area contributed by atoms with Crippen LogP contribution in [0.2, 0.25) is 0 Å². The summed E-state index contributed by atoms with van der Waals surface area (Å²) in [4.78, 5) is 26.1. The zero-order chi connectivity index (χ0) is 18.1. The second kappa shape index (κ2) is 7.00. The maximum Gasteiger partial charge on any atom is 0.266 e. The molecule has 4 rings (SSSR count). The number of rotatable bonds is 5. The first kappa shape index (κ1) is 16.9. The Morgan fingerprint density at radius 2 is 2.15 bits per heavy atom. The Hall–Kier alpha value is -2.52. The van der Waals surface area contributed by atoms with Gasteiger partial charge in [0.25, 0.3) is 5.91 Å². The molecule has 132 valence electrons. The highest BCUT2D eigenvalue weighted by Crippen LogP contribution is 2.36. The molecule has 1 unspecified atom stereocenters. The van der Waals surface area contributed by atoms with Gasteiger partial charge in [-0.1, -0.05) is 33.2 Å². The standard InChI is InChI=1S/C17H14BrN5O2S/c18-10-3-1-9(2-4-10)12-7-26-17-14(12)16(21-8-22-17)20-6-11-5-13(15(19)24)23-25-11/h1-4,7-8,11H,5-6H2,(H2,19,24)(H,20,21,22). The Bertz CT molecular complexity index is 1000. The number of fused-ring (bicyclic) bond motifs is 1. The van der Waals surface area contributed by atoms with Crippen molar-refractivity contribution >= 4 is 54.9 Å². The summed E-state index contributed by atoms with van der Waals surface area (Å²) in [6.45, 7) is 0.460. The number of primary amides is 1. The van der Waals surface area contributed by atoms with Crippen LogP contribution in [0.25, 0.3) is 21.3 Å². The number of nitrogens with one attached hydrogen (secondary N) is 1. The minimum Gasteiger partial charge on any atom is -0.390 e. The van der Waals surface area contributed by atoms with Gasteiger partial charge in [-0.15, -0.1) is 11.3 Å². The molecule has 1 aliphatic heterocycles. The maximum absolute atomic E-state index is 11.2. The summed E-state index contributed by atoms with van der Waals surface area (Å²) in [5.41, 5.74) is 7.65. The van der Waals surface area contributed by atoms with Gasteiger partial charge in [-0.2, -0.15) is 0 Å². The van der Waals surface area contributed by atoms with E-state index in [1.54, 1.807) is 11.3 Å². The van der Waals surface area contributed by atoms with E-state index in [0.717, 1.165) is 31.6 Å². The molecule has 26 heavy (non-hydrogen) atoms. The average molecular weight is 432 g/mol. The van der Waals surface area contributed by atoms with Crippen LogP contribution in [-0.2, 0) is 9.63 Å². The van der Waals surface area contributed by atoms with Crippen LogP contribution in [0.3, 0.4) is 0 Å². The summed E-state index contributed by atoms with van der Waals surface area (Å²) < 4.78 is 1.03. The monoisotopic (exact) mass is 431 g/mol. The van der Waals surface area contributed by atoms with Crippen LogP contribution in [-0.4, -0.2) is 34.2 Å². The van der Waals surface area contributed by atoms with Gasteiger partial charge in [0, 0.05) is 21.8 Å². The Morgan fingerprint density at radius 3 is 2.88 bits per heavy atom. The van der Waals surface area contributed by atoms with Crippen LogP contribution < -0.4 is 11.1 Å². The normalized spacial score (nSPS) is 16.3. The lowest BCUT2D eigenvalue weighted by atomic mass is 10.1. The van der Waals surface area contributed by atoms with Gasteiger partial charge in [0.1, 0.15) is 22.7 Å². The lowest BCUT2D eigenvalue weighted by molar-refractivity contribution is -0.112. The summed E-state index contributed by atoms with van der Waals surface area (Å²) in [6, 6.07) is 8.11. The van der Waals surface area contributed by atoms with E-state index in [1.165, 1.54) is 6.33 Å². The second-order valence-electron chi connectivity index (χ2n) is 5.77. The van der Waals surface area contributed by atoms with E-state index in [4.69, 9.17) is 10.6 Å². The second-order valence-corrected chi connectivity index (χ2v) is 7.55. The van der Waals surface area contributed by atoms with E-state index in [1.807, 2.05) is 12.1 Å². The van der Waals surface area contributed by atoms with Gasteiger partial charge < -0.3 is 15.9 Å². The highest BCUT2D eigenvalue weighted by Gasteiger charge is 2.25. The van der Waals surface area contributed by atoms with E-state index in [0.29, 0.717) is 13.0 Å². The number of benzene rings is 1. The number of halogens is 1. The molecule has 3 aromatic rings. The topological polar surface area (TPSA) is 102 Å². The van der Waals surface area contributed by atoms with Gasteiger partial charge in [0.05, 0.1) is 11.9 Å². The summed E-state index contributed by atoms with van der Waals surface area (Å²) in [5, 5.41) is 10.1. The average Bonchev–Trinajstić information content (AvgIpc) is 3.28. The Kier molecular flexibility index (Phi) is 4.56. The van der Waals surface area contributed by atoms with E-state index < -0.39 is 5.91 Å². The quantitative estimate of drug-likeness (QED) is 0.645. The Labute approximate surface area is 161 Å². The molecular formula is C17H14BrN5O2S. The van der Waals surface area contributed by atoms with Crippen LogP contribution >= 0.6 is 27.3 Å². The number of anilines is 1. The maximum atomic E-state index is 11.2. The number of hydrogen-bond donors (Lipinski definition) is 2. The van der Waals surface area contributed by atoms with Crippen molar-refractivity contribution in [3.05, 3.63) is 40.4 Å². The number of hydrogen-bond acceptors (Lipinski definition) is 7. The minimum absolute atomic E-state index is 0.253. The lowest BCUT2D eigenvalue weighted by Gasteiger charge is -2.11. The fraction of sp³-hybridized carbons (Fsp3) is 0.176. The van der Waals surface area contributed by atoms with Crippen molar-refractivity contribution < 1.29 is 9.63 Å². The molecule has 0 radical (unpaired) electrons. The fourth-order valence-corrected chi connectivity index (χ4v) is 3.93. The van der Waals surface area contributed by atoms with Crippen LogP contribution in [0.5, 0.6) is 0 Å². The first-order chi connectivity index (χ1) is 12.6. The molecule has 1 atom stereocenters. The molecule has 1 aliphatic rings. The van der Waals surface area contributed by atoms with Crippen molar-refractivity contribution in [2.24, 2.45) is 10.9 Å². The zero-order valence-electron chi connectivity index (χ0n) is 13.5. The molecule has 0 aliphatic carbocycles. The number of nitrogens with two attached hydrogens (primary N) is 1. The first-order valence-electron chi connectivity index (χ1n) is 7.86. The van der Waals surface area contributed by atoms with Gasteiger partial charge in [-0.3, -0.25) is 4.79 Å². The number of carbonyl (C=O) groups excluding carboxylic acids is 1. The van der Waals surface area contributed by atoms with Crippen molar-refractivity contribution in [1.29, 1.82) is 0 Å². The molecule has 0 bridgehead atoms. The third-order valence-electron chi connectivity index (χ3n) is 4.04. The van der Waals surface area contributed by atoms with Crippen molar-refractivity contribution in [2.45, 2.75) is 12.5 Å². The third-order valence-corrected chi connectivity index (χ3v) is 5.46. The summed E-state index contributed by atoms with van der Waals surface area (Å²) in [6.07, 6.45) is 1.67. The van der Waals surface area contributed by atoms with Crippen molar-refractivity contribution in [2.75, 3.05) is 11.9 Å². The summed E-state index contributed by atoms with van der Waals surface area (Å²) in [5.74, 6) is 0.178. The van der Waals surface area contributed by atoms with E-state index >= 15 is 0 Å². The lowest BCUT2D eigenvalue weighted by Crippen LogP contribution is -2.26. The number of carbonyl (C=O) groups is 1. The SMILES string of the molecule is NC(=O)C1=NOC(CNc2ncnc3scc(-c4ccc(Br)cc4)c23)C1. The molecule has 1 amide bonds. The number of oxime groups is 1. The van der Waals surface area contributed by atoms with Crippen molar-refractivity contribution in [3.63, 3.8) is 0 Å². The molecule has 0 fully saturated rings. The van der Waals surface area contributed by atoms with Crippen LogP contribution in [0.4, 0.5) is 5.82 Å². The molecule has 7 nitrogen and oxygen atoms in total. The minimum atomic E-state index is -0.549. The third kappa shape index (κ3) is 3.27. The van der Waals surface area contributed by atoms with Crippen LogP contribution in [0.1, 0.15) is 6.42 Å². The molecule has 3 heterocycles. The molecule has 0 spiro atoms. The Morgan fingerprint density at radius 1 is 1.35 bits per heavy atom. The van der Waals surface area contributed by atoms with Gasteiger partial charge in [0.15, 0.2) is 6.10 Å². The smallest absolute Gasteiger partial charge is 0.266 e. The molecule has 3 N–H and O–H groups in total. The number of thiophene rings is 1. The van der Waals surface area contributed by atoms with E-state index in [9.17, 15) is 4.79 Å². The number of aromatic nitrogens is 2. The molecule has 0 saturated heterocycles. The highest BCUT2D eigenvalue weighted by atomic mass is 79.9. The molecule has 9 heteroatoms. The fourth-order valence-electron chi connectivity index (χ4n) is 2.74. The van der Waals surface area contributed by atoms with Crippen molar-refractivity contribution in [1.82, 2.24) is 9.97 Å². The zero-order valence-corrected chi connectivity index (χ0v) is 15.9. The van der Waals surface area contributed by atoms with Crippen LogP contribution in [0.15, 0.2) is 45.6 Å². The largest absolute Gasteiger partial charge is 0.390 e. The Balaban J connectivity index is 1.59. The molecular weight excluding hydrogens is 418 g/mol. The molecule has 0 saturated carbocycles. The number of amides is 1. The van der Waals surface area contributed by atoms with Gasteiger partial charge >= 0.3 is 0 Å². The van der Waals surface area contributed by atoms with Crippen molar-refractivity contribution in [3.8, 4) is 11.1 Å². The van der Waals surface area contributed by atoms with Gasteiger partial charge in [0.2, 0.25) is 0 Å².